The minimum absolute atomic E-state index is 0.184. The summed E-state index contributed by atoms with van der Waals surface area (Å²) in [6.07, 6.45) is 6.26. The second-order valence-electron chi connectivity index (χ2n) is 10.4. The number of benzene rings is 2. The molecule has 42 heavy (non-hydrogen) atoms. The lowest BCUT2D eigenvalue weighted by molar-refractivity contribution is -0.125. The molecule has 0 aliphatic heterocycles. The van der Waals surface area contributed by atoms with Gasteiger partial charge in [0.25, 0.3) is 5.91 Å². The molecule has 4 aromatic rings. The summed E-state index contributed by atoms with van der Waals surface area (Å²) in [5.41, 5.74) is 19.5. The molecule has 0 bridgehead atoms. The number of nitrogen functional groups attached to an aromatic ring is 1. The van der Waals surface area contributed by atoms with E-state index in [-0.39, 0.29) is 34.4 Å². The first-order chi connectivity index (χ1) is 20.2. The third kappa shape index (κ3) is 4.49. The Morgan fingerprint density at radius 2 is 1.81 bits per heavy atom. The topological polar surface area (TPSA) is 188 Å². The number of thiophene rings is 1. The molecule has 2 heterocycles. The van der Waals surface area contributed by atoms with E-state index >= 15 is 0 Å². The molecule has 2 amide bonds. The summed E-state index contributed by atoms with van der Waals surface area (Å²) in [6.45, 7) is 3.50. The lowest BCUT2D eigenvalue weighted by atomic mass is 9.72. The number of rotatable bonds is 7. The van der Waals surface area contributed by atoms with Crippen LogP contribution in [0, 0.1) is 0 Å². The summed E-state index contributed by atoms with van der Waals surface area (Å²) in [5, 5.41) is 6.48. The number of nitrogens with one attached hydrogen (secondary N) is 2. The molecule has 11 nitrogen and oxygen atoms in total. The Morgan fingerprint density at radius 1 is 1.07 bits per heavy atom. The molecule has 2 aromatic heterocycles. The van der Waals surface area contributed by atoms with Crippen molar-refractivity contribution in [2.24, 2.45) is 11.5 Å². The van der Waals surface area contributed by atoms with Gasteiger partial charge in [-0.1, -0.05) is 30.8 Å². The van der Waals surface area contributed by atoms with Crippen molar-refractivity contribution in [1.82, 2.24) is 20.6 Å². The van der Waals surface area contributed by atoms with Crippen LogP contribution in [0.15, 0.2) is 67.5 Å². The van der Waals surface area contributed by atoms with Crippen LogP contribution in [0.5, 0.6) is 11.6 Å². The number of Topliss-reactive ketones (excluding diaryl/α,β-unsaturated/α-hetero) is 1. The van der Waals surface area contributed by atoms with Crippen molar-refractivity contribution in [3.63, 3.8) is 0 Å². The van der Waals surface area contributed by atoms with Gasteiger partial charge in [0.2, 0.25) is 11.8 Å². The molecule has 2 unspecified atom stereocenters. The number of amides is 2. The van der Waals surface area contributed by atoms with Crippen LogP contribution < -0.4 is 32.6 Å². The zero-order valence-electron chi connectivity index (χ0n) is 22.5. The van der Waals surface area contributed by atoms with E-state index in [1.807, 2.05) is 18.2 Å². The third-order valence-corrected chi connectivity index (χ3v) is 9.12. The first-order valence-electron chi connectivity index (χ1n) is 13.5. The van der Waals surface area contributed by atoms with Gasteiger partial charge in [0, 0.05) is 28.7 Å². The van der Waals surface area contributed by atoms with Gasteiger partial charge in [0.05, 0.1) is 33.7 Å². The molecular formula is C30H29N7O4S. The van der Waals surface area contributed by atoms with Crippen molar-refractivity contribution in [3.05, 3.63) is 89.2 Å². The van der Waals surface area contributed by atoms with Crippen molar-refractivity contribution in [2.75, 3.05) is 5.73 Å². The van der Waals surface area contributed by atoms with Crippen molar-refractivity contribution in [1.29, 1.82) is 0 Å². The molecule has 2 aliphatic carbocycles. The molecular weight excluding hydrogens is 554 g/mol. The van der Waals surface area contributed by atoms with Crippen LogP contribution in [0.2, 0.25) is 0 Å². The Kier molecular flexibility index (Phi) is 6.97. The Hall–Kier alpha value is -4.65. The number of carbonyl (C=O) groups excluding carboxylic acids is 3. The van der Waals surface area contributed by atoms with E-state index in [2.05, 4.69) is 27.2 Å². The highest BCUT2D eigenvalue weighted by Crippen LogP contribution is 2.49. The smallest absolute Gasteiger partial charge is 0.262 e. The summed E-state index contributed by atoms with van der Waals surface area (Å²) in [4.78, 5) is 48.6. The average Bonchev–Trinajstić information content (AvgIpc) is 3.61. The summed E-state index contributed by atoms with van der Waals surface area (Å²) < 4.78 is 6.34. The predicted octanol–water partition coefficient (Wildman–Crippen LogP) is 2.80. The molecule has 12 heteroatoms. The number of nitrogens with zero attached hydrogens (tertiary/aromatic N) is 2. The monoisotopic (exact) mass is 583 g/mol. The highest BCUT2D eigenvalue weighted by atomic mass is 32.1. The molecule has 214 valence electrons. The number of aromatic nitrogens is 2. The van der Waals surface area contributed by atoms with E-state index < -0.39 is 23.3 Å². The first kappa shape index (κ1) is 27.5. The van der Waals surface area contributed by atoms with E-state index in [4.69, 9.17) is 21.9 Å². The normalized spacial score (nSPS) is 23.0. The second kappa shape index (κ2) is 10.6. The Labute approximate surface area is 245 Å². The molecule has 0 spiro atoms. The minimum atomic E-state index is -1.74. The van der Waals surface area contributed by atoms with Gasteiger partial charge in [-0.2, -0.15) is 0 Å². The number of nitrogens with two attached hydrogens (primary N) is 3. The minimum Gasteiger partial charge on any atom is -0.438 e. The van der Waals surface area contributed by atoms with Crippen LogP contribution in [0.1, 0.15) is 51.8 Å². The maximum atomic E-state index is 14.0. The SMILES string of the molecule is C=CC(=O)N[C@H]1CCC[C@H]1NC(=O)c1sc2c(N)ccc3c2c1C(N)C(=O)C3(N)c1cnc(Oc2ccccc2)cn1. The van der Waals surface area contributed by atoms with E-state index in [0.29, 0.717) is 39.1 Å². The molecule has 6 rings (SSSR count). The molecule has 2 aromatic carbocycles. The largest absolute Gasteiger partial charge is 0.438 e. The van der Waals surface area contributed by atoms with Crippen LogP contribution in [0.4, 0.5) is 5.69 Å². The van der Waals surface area contributed by atoms with Crippen LogP contribution in [-0.4, -0.2) is 39.6 Å². The fraction of sp³-hybridized carbons (Fsp3) is 0.233. The number of ketones is 1. The van der Waals surface area contributed by atoms with Gasteiger partial charge < -0.3 is 32.6 Å². The lowest BCUT2D eigenvalue weighted by Crippen LogP contribution is -2.53. The average molecular weight is 584 g/mol. The Bertz CT molecular complexity index is 1720. The van der Waals surface area contributed by atoms with Gasteiger partial charge >= 0.3 is 0 Å². The number of ether oxygens (including phenoxy) is 1. The van der Waals surface area contributed by atoms with Crippen molar-refractivity contribution < 1.29 is 19.1 Å². The van der Waals surface area contributed by atoms with Crippen LogP contribution >= 0.6 is 11.3 Å². The van der Waals surface area contributed by atoms with Crippen molar-refractivity contribution >= 4 is 44.7 Å². The highest BCUT2D eigenvalue weighted by molar-refractivity contribution is 7.21. The maximum absolute atomic E-state index is 14.0. The fourth-order valence-electron chi connectivity index (χ4n) is 5.78. The molecule has 8 N–H and O–H groups in total. The quantitative estimate of drug-likeness (QED) is 0.161. The zero-order chi connectivity index (χ0) is 29.6. The zero-order valence-corrected chi connectivity index (χ0v) is 23.3. The van der Waals surface area contributed by atoms with E-state index in [1.54, 1.807) is 24.3 Å². The molecule has 4 atom stereocenters. The predicted molar refractivity (Wildman–Crippen MR) is 159 cm³/mol. The molecule has 0 radical (unpaired) electrons. The second-order valence-corrected chi connectivity index (χ2v) is 11.4. The standard InChI is InChI=1S/C30H29N7O4S/c1-2-21(38)36-18-9-6-10-19(18)37-29(40)27-24-23-16(11-12-17(31)26(23)42-27)30(33,28(39)25(24)32)20-13-35-22(14-34-20)41-15-7-4-3-5-8-15/h2-5,7-8,11-14,18-19,25H,1,6,9-10,31-33H2,(H,36,38)(H,37,40)/t18-,19+,25?,30?/m0/s1. The highest BCUT2D eigenvalue weighted by Gasteiger charge is 2.50. The molecule has 1 saturated carbocycles. The van der Waals surface area contributed by atoms with Gasteiger partial charge in [0.15, 0.2) is 5.78 Å². The lowest BCUT2D eigenvalue weighted by Gasteiger charge is -2.35. The maximum Gasteiger partial charge on any atom is 0.262 e. The third-order valence-electron chi connectivity index (χ3n) is 7.86. The Morgan fingerprint density at radius 3 is 2.50 bits per heavy atom. The molecule has 0 saturated heterocycles. The van der Waals surface area contributed by atoms with Gasteiger partial charge in [-0.3, -0.25) is 19.4 Å². The van der Waals surface area contributed by atoms with E-state index in [9.17, 15) is 14.4 Å². The Balaban J connectivity index is 1.37. The van der Waals surface area contributed by atoms with E-state index in [1.165, 1.54) is 18.5 Å². The molecule has 2 aliphatic rings. The number of para-hydroxylation sites is 1. The fourth-order valence-corrected chi connectivity index (χ4v) is 6.98. The number of hydrogen-bond acceptors (Lipinski definition) is 10. The van der Waals surface area contributed by atoms with Crippen molar-refractivity contribution in [3.8, 4) is 11.6 Å². The van der Waals surface area contributed by atoms with E-state index in [0.717, 1.165) is 24.2 Å². The number of hydrogen-bond donors (Lipinski definition) is 5. The van der Waals surface area contributed by atoms with Crippen LogP contribution in [0.3, 0.4) is 0 Å². The van der Waals surface area contributed by atoms with Gasteiger partial charge in [-0.25, -0.2) is 4.98 Å². The van der Waals surface area contributed by atoms with Crippen LogP contribution in [-0.2, 0) is 15.1 Å². The summed E-state index contributed by atoms with van der Waals surface area (Å²) >= 11 is 1.16. The van der Waals surface area contributed by atoms with Gasteiger partial charge in [-0.05, 0) is 49.1 Å². The number of anilines is 1. The van der Waals surface area contributed by atoms with Crippen LogP contribution in [0.25, 0.3) is 10.1 Å². The van der Waals surface area contributed by atoms with Gasteiger partial charge in [-0.15, -0.1) is 11.3 Å². The first-order valence-corrected chi connectivity index (χ1v) is 14.3. The summed E-state index contributed by atoms with van der Waals surface area (Å²) in [6, 6.07) is 10.7. The van der Waals surface area contributed by atoms with Gasteiger partial charge in [0.1, 0.15) is 11.3 Å². The number of carbonyl (C=O) groups is 3. The summed E-state index contributed by atoms with van der Waals surface area (Å²) in [5.74, 6) is -0.412. The molecule has 1 fully saturated rings. The van der Waals surface area contributed by atoms with Crippen molar-refractivity contribution in [2.45, 2.75) is 42.9 Å². The summed E-state index contributed by atoms with van der Waals surface area (Å²) in [7, 11) is 0.